The lowest BCUT2D eigenvalue weighted by atomic mass is 10.0. The zero-order valence-electron chi connectivity index (χ0n) is 14.3. The smallest absolute Gasteiger partial charge is 0.270 e. The molecule has 0 aliphatic heterocycles. The van der Waals surface area contributed by atoms with Crippen LogP contribution in [0.3, 0.4) is 0 Å². The summed E-state index contributed by atoms with van der Waals surface area (Å²) in [4.78, 5) is 26.5. The fourth-order valence-electron chi connectivity index (χ4n) is 3.54. The second-order valence-electron chi connectivity index (χ2n) is 6.93. The zero-order valence-corrected chi connectivity index (χ0v) is 14.3. The first-order valence-electron chi connectivity index (χ1n) is 8.66. The third-order valence-corrected chi connectivity index (χ3v) is 5.17. The summed E-state index contributed by atoms with van der Waals surface area (Å²) in [6.45, 7) is 2.18. The van der Waals surface area contributed by atoms with Crippen molar-refractivity contribution in [3.8, 4) is 0 Å². The number of non-ortho nitro benzene ring substituents is 1. The standard InChI is InChI=1S/C20H19N3O3/c1-12-9-15(12)19(13-5-3-2-4-6-13)22-20(24)17-11-21-18-8-7-14(23(25)26)10-16(17)18/h2-8,10-12,15,19,21H,9H2,1H3,(H,22,24). The number of H-pyrrole nitrogens is 1. The van der Waals surface area contributed by atoms with E-state index in [0.717, 1.165) is 12.0 Å². The Hall–Kier alpha value is -3.15. The lowest BCUT2D eigenvalue weighted by molar-refractivity contribution is -0.384. The average Bonchev–Trinajstić information content (AvgIpc) is 3.21. The molecule has 0 bridgehead atoms. The Morgan fingerprint density at radius 1 is 1.27 bits per heavy atom. The molecule has 1 heterocycles. The van der Waals surface area contributed by atoms with Crippen LogP contribution in [0.15, 0.2) is 54.7 Å². The molecule has 6 heteroatoms. The van der Waals surface area contributed by atoms with Crippen LogP contribution in [0, 0.1) is 22.0 Å². The zero-order chi connectivity index (χ0) is 18.3. The number of rotatable bonds is 5. The van der Waals surface area contributed by atoms with E-state index in [1.807, 2.05) is 30.3 Å². The Morgan fingerprint density at radius 2 is 2.00 bits per heavy atom. The summed E-state index contributed by atoms with van der Waals surface area (Å²) in [6.07, 6.45) is 2.70. The van der Waals surface area contributed by atoms with E-state index in [0.29, 0.717) is 28.3 Å². The van der Waals surface area contributed by atoms with E-state index in [1.165, 1.54) is 12.1 Å². The van der Waals surface area contributed by atoms with Crippen molar-refractivity contribution in [3.63, 3.8) is 0 Å². The number of nitrogens with one attached hydrogen (secondary N) is 2. The first-order chi connectivity index (χ1) is 12.5. The number of benzene rings is 2. The predicted molar refractivity (Wildman–Crippen MR) is 98.9 cm³/mol. The highest BCUT2D eigenvalue weighted by molar-refractivity contribution is 6.07. The Balaban J connectivity index is 1.65. The van der Waals surface area contributed by atoms with Crippen LogP contribution in [-0.2, 0) is 0 Å². The van der Waals surface area contributed by atoms with Crippen molar-refractivity contribution in [1.29, 1.82) is 0 Å². The van der Waals surface area contributed by atoms with Crippen molar-refractivity contribution >= 4 is 22.5 Å². The van der Waals surface area contributed by atoms with Gasteiger partial charge in [-0.2, -0.15) is 0 Å². The first kappa shape index (κ1) is 16.3. The van der Waals surface area contributed by atoms with E-state index in [4.69, 9.17) is 0 Å². The van der Waals surface area contributed by atoms with Gasteiger partial charge in [0.2, 0.25) is 0 Å². The second-order valence-corrected chi connectivity index (χ2v) is 6.93. The van der Waals surface area contributed by atoms with E-state index < -0.39 is 4.92 Å². The maximum atomic E-state index is 12.9. The largest absolute Gasteiger partial charge is 0.360 e. The van der Waals surface area contributed by atoms with Gasteiger partial charge in [-0.1, -0.05) is 37.3 Å². The van der Waals surface area contributed by atoms with E-state index in [-0.39, 0.29) is 17.6 Å². The maximum absolute atomic E-state index is 12.9. The minimum absolute atomic E-state index is 0.0263. The Labute approximate surface area is 150 Å². The number of aromatic nitrogens is 1. The van der Waals surface area contributed by atoms with Crippen molar-refractivity contribution in [3.05, 3.63) is 76.0 Å². The number of hydrogen-bond acceptors (Lipinski definition) is 3. The van der Waals surface area contributed by atoms with Crippen molar-refractivity contribution in [1.82, 2.24) is 10.3 Å². The summed E-state index contributed by atoms with van der Waals surface area (Å²) < 4.78 is 0. The highest BCUT2D eigenvalue weighted by atomic mass is 16.6. The molecule has 2 N–H and O–H groups in total. The van der Waals surface area contributed by atoms with E-state index in [2.05, 4.69) is 17.2 Å². The van der Waals surface area contributed by atoms with E-state index in [1.54, 1.807) is 12.3 Å². The highest BCUT2D eigenvalue weighted by Crippen LogP contribution is 2.47. The fourth-order valence-corrected chi connectivity index (χ4v) is 3.54. The molecule has 4 rings (SSSR count). The summed E-state index contributed by atoms with van der Waals surface area (Å²) >= 11 is 0. The number of carbonyl (C=O) groups excluding carboxylic acids is 1. The third-order valence-electron chi connectivity index (χ3n) is 5.17. The number of nitrogens with zero attached hydrogens (tertiary/aromatic N) is 1. The monoisotopic (exact) mass is 349 g/mol. The Kier molecular flexibility index (Phi) is 3.95. The summed E-state index contributed by atoms with van der Waals surface area (Å²) in [6, 6.07) is 14.4. The molecule has 1 fully saturated rings. The molecule has 2 aromatic carbocycles. The number of nitro groups is 1. The van der Waals surface area contributed by atoms with Crippen LogP contribution in [0.4, 0.5) is 5.69 Å². The molecule has 1 amide bonds. The van der Waals surface area contributed by atoms with Gasteiger partial charge in [-0.05, 0) is 29.9 Å². The van der Waals surface area contributed by atoms with Crippen molar-refractivity contribution < 1.29 is 9.72 Å². The normalized spacial score (nSPS) is 19.9. The molecule has 132 valence electrons. The number of hydrogen-bond donors (Lipinski definition) is 2. The quantitative estimate of drug-likeness (QED) is 0.534. The summed E-state index contributed by atoms with van der Waals surface area (Å²) in [5.41, 5.74) is 2.19. The summed E-state index contributed by atoms with van der Waals surface area (Å²) in [5.74, 6) is 0.773. The third kappa shape index (κ3) is 2.94. The Bertz CT molecular complexity index is 980. The lowest BCUT2D eigenvalue weighted by Gasteiger charge is -2.19. The minimum Gasteiger partial charge on any atom is -0.360 e. The van der Waals surface area contributed by atoms with Gasteiger partial charge in [-0.3, -0.25) is 14.9 Å². The number of fused-ring (bicyclic) bond motifs is 1. The van der Waals surface area contributed by atoms with Gasteiger partial charge in [0.1, 0.15) is 0 Å². The van der Waals surface area contributed by atoms with Crippen LogP contribution in [0.2, 0.25) is 0 Å². The van der Waals surface area contributed by atoms with Gasteiger partial charge in [0.25, 0.3) is 11.6 Å². The van der Waals surface area contributed by atoms with Crippen molar-refractivity contribution in [2.75, 3.05) is 0 Å². The van der Waals surface area contributed by atoms with Gasteiger partial charge in [0.05, 0.1) is 16.5 Å². The van der Waals surface area contributed by atoms with E-state index >= 15 is 0 Å². The number of carbonyl (C=O) groups is 1. The minimum atomic E-state index is -0.452. The number of aromatic amines is 1. The molecule has 1 aromatic heterocycles. The predicted octanol–water partition coefficient (Wildman–Crippen LogP) is 4.20. The van der Waals surface area contributed by atoms with E-state index in [9.17, 15) is 14.9 Å². The molecule has 0 saturated heterocycles. The van der Waals surface area contributed by atoms with Gasteiger partial charge in [0.15, 0.2) is 0 Å². The SMILES string of the molecule is CC1CC1C(NC(=O)c1c[nH]c2ccc([N+](=O)[O-])cc12)c1ccccc1. The molecule has 26 heavy (non-hydrogen) atoms. The lowest BCUT2D eigenvalue weighted by Crippen LogP contribution is -2.30. The van der Waals surface area contributed by atoms with Gasteiger partial charge in [0, 0.05) is 29.2 Å². The molecular weight excluding hydrogens is 330 g/mol. The molecule has 3 atom stereocenters. The maximum Gasteiger partial charge on any atom is 0.270 e. The van der Waals surface area contributed by atoms with Crippen LogP contribution < -0.4 is 5.32 Å². The molecule has 1 aliphatic rings. The average molecular weight is 349 g/mol. The molecule has 3 unspecified atom stereocenters. The Morgan fingerprint density at radius 3 is 2.65 bits per heavy atom. The molecule has 0 spiro atoms. The first-order valence-corrected chi connectivity index (χ1v) is 8.66. The van der Waals surface area contributed by atoms with Gasteiger partial charge >= 0.3 is 0 Å². The summed E-state index contributed by atoms with van der Waals surface area (Å²) in [7, 11) is 0. The number of nitro benzene ring substituents is 1. The molecule has 1 aliphatic carbocycles. The van der Waals surface area contributed by atoms with Crippen molar-refractivity contribution in [2.24, 2.45) is 11.8 Å². The van der Waals surface area contributed by atoms with Crippen molar-refractivity contribution in [2.45, 2.75) is 19.4 Å². The topological polar surface area (TPSA) is 88.0 Å². The number of amides is 1. The fraction of sp³-hybridized carbons (Fsp3) is 0.250. The molecule has 0 radical (unpaired) electrons. The highest BCUT2D eigenvalue weighted by Gasteiger charge is 2.41. The van der Waals surface area contributed by atoms with Crippen LogP contribution in [0.25, 0.3) is 10.9 Å². The van der Waals surface area contributed by atoms with Crippen LogP contribution >= 0.6 is 0 Å². The molecule has 6 nitrogen and oxygen atoms in total. The second kappa shape index (κ2) is 6.29. The molecule has 3 aromatic rings. The van der Waals surface area contributed by atoms with Crippen LogP contribution in [0.1, 0.15) is 35.3 Å². The van der Waals surface area contributed by atoms with Crippen LogP contribution in [-0.4, -0.2) is 15.8 Å². The summed E-state index contributed by atoms with van der Waals surface area (Å²) in [5, 5.41) is 14.7. The van der Waals surface area contributed by atoms with Gasteiger partial charge < -0.3 is 10.3 Å². The van der Waals surface area contributed by atoms with Crippen LogP contribution in [0.5, 0.6) is 0 Å². The van der Waals surface area contributed by atoms with Gasteiger partial charge in [-0.15, -0.1) is 0 Å². The molecule has 1 saturated carbocycles. The van der Waals surface area contributed by atoms with Gasteiger partial charge in [-0.25, -0.2) is 0 Å². The molecular formula is C20H19N3O3.